The van der Waals surface area contributed by atoms with Gasteiger partial charge in [0.25, 0.3) is 5.91 Å². The molecule has 0 fully saturated rings. The van der Waals surface area contributed by atoms with Gasteiger partial charge in [0.15, 0.2) is 6.61 Å². The molecule has 0 spiro atoms. The second kappa shape index (κ2) is 8.01. The van der Waals surface area contributed by atoms with Crippen molar-refractivity contribution >= 4 is 38.5 Å². The summed E-state index contributed by atoms with van der Waals surface area (Å²) in [7, 11) is 0. The second-order valence-corrected chi connectivity index (χ2v) is 6.67. The van der Waals surface area contributed by atoms with Gasteiger partial charge in [0, 0.05) is 4.47 Å². The van der Waals surface area contributed by atoms with Gasteiger partial charge < -0.3 is 15.8 Å². The number of carbonyl (C=O) groups is 2. The largest absolute Gasteiger partial charge is 0.484 e. The summed E-state index contributed by atoms with van der Waals surface area (Å²) < 4.78 is 6.41. The predicted molar refractivity (Wildman–Crippen MR) is 104 cm³/mol. The summed E-state index contributed by atoms with van der Waals surface area (Å²) in [6.45, 7) is -0.210. The predicted octanol–water partition coefficient (Wildman–Crippen LogP) is 3.32. The van der Waals surface area contributed by atoms with Crippen molar-refractivity contribution in [3.8, 4) is 5.75 Å². The average molecular weight is 413 g/mol. The Morgan fingerprint density at radius 3 is 2.38 bits per heavy atom. The van der Waals surface area contributed by atoms with Gasteiger partial charge >= 0.3 is 0 Å². The van der Waals surface area contributed by atoms with Gasteiger partial charge in [-0.15, -0.1) is 0 Å². The van der Waals surface area contributed by atoms with Crippen molar-refractivity contribution < 1.29 is 14.3 Å². The van der Waals surface area contributed by atoms with E-state index in [-0.39, 0.29) is 6.61 Å². The lowest BCUT2D eigenvalue weighted by atomic mass is 10.1. The highest BCUT2D eigenvalue weighted by Crippen LogP contribution is 2.21. The zero-order valence-corrected chi connectivity index (χ0v) is 15.4. The quantitative estimate of drug-likeness (QED) is 0.651. The van der Waals surface area contributed by atoms with E-state index < -0.39 is 17.9 Å². The Morgan fingerprint density at radius 2 is 1.69 bits per heavy atom. The first-order valence-corrected chi connectivity index (χ1v) is 8.78. The Balaban J connectivity index is 1.64. The number of rotatable bonds is 6. The van der Waals surface area contributed by atoms with E-state index in [1.54, 1.807) is 30.3 Å². The number of primary amides is 1. The smallest absolute Gasteiger partial charge is 0.258 e. The third kappa shape index (κ3) is 4.40. The molecule has 3 aromatic rings. The number of fused-ring (bicyclic) bond motifs is 1. The number of nitrogens with one attached hydrogen (secondary N) is 1. The fourth-order valence-electron chi connectivity index (χ4n) is 2.58. The highest BCUT2D eigenvalue weighted by Gasteiger charge is 2.20. The molecule has 5 nitrogen and oxygen atoms in total. The first kappa shape index (κ1) is 17.9. The molecule has 1 atom stereocenters. The van der Waals surface area contributed by atoms with Gasteiger partial charge in [-0.1, -0.05) is 58.4 Å². The zero-order chi connectivity index (χ0) is 18.5. The van der Waals surface area contributed by atoms with E-state index in [1.165, 1.54) is 0 Å². The van der Waals surface area contributed by atoms with Gasteiger partial charge in [0.1, 0.15) is 11.8 Å². The molecular weight excluding hydrogens is 396 g/mol. The maximum atomic E-state index is 12.2. The molecule has 6 heteroatoms. The van der Waals surface area contributed by atoms with Crippen molar-refractivity contribution in [1.82, 2.24) is 5.32 Å². The van der Waals surface area contributed by atoms with E-state index in [1.807, 2.05) is 36.4 Å². The molecule has 3 aromatic carbocycles. The summed E-state index contributed by atoms with van der Waals surface area (Å²) in [6, 6.07) is 19.6. The van der Waals surface area contributed by atoms with Gasteiger partial charge in [-0.3, -0.25) is 9.59 Å². The van der Waals surface area contributed by atoms with Crippen molar-refractivity contribution in [3.63, 3.8) is 0 Å². The maximum absolute atomic E-state index is 12.2. The van der Waals surface area contributed by atoms with E-state index in [0.29, 0.717) is 11.3 Å². The number of amides is 2. The molecular formula is C20H17BrN2O3. The van der Waals surface area contributed by atoms with E-state index in [9.17, 15) is 9.59 Å². The molecule has 0 aliphatic rings. The molecule has 3 N–H and O–H groups in total. The Morgan fingerprint density at radius 1 is 1.00 bits per heavy atom. The summed E-state index contributed by atoms with van der Waals surface area (Å²) in [5.41, 5.74) is 6.03. The molecule has 0 bridgehead atoms. The van der Waals surface area contributed by atoms with Crippen LogP contribution in [0.3, 0.4) is 0 Å². The summed E-state index contributed by atoms with van der Waals surface area (Å²) in [5, 5.41) is 4.72. The molecule has 0 unspecified atom stereocenters. The zero-order valence-electron chi connectivity index (χ0n) is 13.8. The molecule has 0 heterocycles. The average Bonchev–Trinajstić information content (AvgIpc) is 2.65. The van der Waals surface area contributed by atoms with Crippen LogP contribution in [0.5, 0.6) is 5.75 Å². The van der Waals surface area contributed by atoms with E-state index in [2.05, 4.69) is 21.2 Å². The summed E-state index contributed by atoms with van der Waals surface area (Å²) in [6.07, 6.45) is 0. The van der Waals surface area contributed by atoms with Crippen LogP contribution in [-0.4, -0.2) is 18.4 Å². The van der Waals surface area contributed by atoms with Crippen LogP contribution in [0.4, 0.5) is 0 Å². The molecule has 0 saturated heterocycles. The van der Waals surface area contributed by atoms with Gasteiger partial charge in [-0.25, -0.2) is 0 Å². The maximum Gasteiger partial charge on any atom is 0.258 e. The fourth-order valence-corrected chi connectivity index (χ4v) is 2.85. The van der Waals surface area contributed by atoms with Crippen LogP contribution in [0.2, 0.25) is 0 Å². The van der Waals surface area contributed by atoms with Crippen LogP contribution in [0, 0.1) is 0 Å². The SMILES string of the molecule is NC(=O)[C@@H](NC(=O)COc1ccc2ccccc2c1)c1ccc(Br)cc1. The molecule has 0 saturated carbocycles. The van der Waals surface area contributed by atoms with E-state index in [0.717, 1.165) is 15.2 Å². The first-order chi connectivity index (χ1) is 12.5. The lowest BCUT2D eigenvalue weighted by Crippen LogP contribution is -2.39. The normalized spacial score (nSPS) is 11.7. The number of halogens is 1. The minimum absolute atomic E-state index is 0.210. The minimum atomic E-state index is -0.907. The van der Waals surface area contributed by atoms with Crippen LogP contribution in [-0.2, 0) is 9.59 Å². The van der Waals surface area contributed by atoms with Gasteiger partial charge in [0.2, 0.25) is 5.91 Å². The lowest BCUT2D eigenvalue weighted by Gasteiger charge is -2.16. The third-order valence-electron chi connectivity index (χ3n) is 3.88. The number of nitrogens with two attached hydrogens (primary N) is 1. The molecule has 132 valence electrons. The highest BCUT2D eigenvalue weighted by atomic mass is 79.9. The standard InChI is InChI=1S/C20H17BrN2O3/c21-16-8-5-14(6-9-16)19(20(22)25)23-18(24)12-26-17-10-7-13-3-1-2-4-15(13)11-17/h1-11,19H,12H2,(H2,22,25)(H,23,24)/t19-/m0/s1. The second-order valence-electron chi connectivity index (χ2n) is 5.75. The van der Waals surface area contributed by atoms with Crippen LogP contribution in [0.15, 0.2) is 71.2 Å². The van der Waals surface area contributed by atoms with Crippen molar-refractivity contribution in [2.24, 2.45) is 5.73 Å². The van der Waals surface area contributed by atoms with Gasteiger partial charge in [-0.2, -0.15) is 0 Å². The number of ether oxygens (including phenoxy) is 1. The summed E-state index contributed by atoms with van der Waals surface area (Å²) >= 11 is 3.33. The number of hydrogen-bond donors (Lipinski definition) is 2. The summed E-state index contributed by atoms with van der Waals surface area (Å²) in [4.78, 5) is 23.9. The molecule has 0 aliphatic carbocycles. The Kier molecular flexibility index (Phi) is 5.53. The van der Waals surface area contributed by atoms with Crippen molar-refractivity contribution in [2.75, 3.05) is 6.61 Å². The van der Waals surface area contributed by atoms with Gasteiger partial charge in [-0.05, 0) is 40.6 Å². The monoisotopic (exact) mass is 412 g/mol. The topological polar surface area (TPSA) is 81.4 Å². The summed E-state index contributed by atoms with van der Waals surface area (Å²) in [5.74, 6) is -0.477. The Hall–Kier alpha value is -2.86. The van der Waals surface area contributed by atoms with Crippen LogP contribution < -0.4 is 15.8 Å². The fraction of sp³-hybridized carbons (Fsp3) is 0.100. The number of hydrogen-bond acceptors (Lipinski definition) is 3. The van der Waals surface area contributed by atoms with Crippen LogP contribution in [0.1, 0.15) is 11.6 Å². The van der Waals surface area contributed by atoms with Crippen molar-refractivity contribution in [2.45, 2.75) is 6.04 Å². The highest BCUT2D eigenvalue weighted by molar-refractivity contribution is 9.10. The Bertz CT molecular complexity index is 941. The number of benzene rings is 3. The molecule has 0 radical (unpaired) electrons. The van der Waals surface area contributed by atoms with Crippen LogP contribution >= 0.6 is 15.9 Å². The van der Waals surface area contributed by atoms with E-state index >= 15 is 0 Å². The first-order valence-electron chi connectivity index (χ1n) is 7.99. The molecule has 26 heavy (non-hydrogen) atoms. The van der Waals surface area contributed by atoms with E-state index in [4.69, 9.17) is 10.5 Å². The molecule has 0 aliphatic heterocycles. The molecule has 0 aromatic heterocycles. The number of carbonyl (C=O) groups excluding carboxylic acids is 2. The molecule has 2 amide bonds. The van der Waals surface area contributed by atoms with Crippen LogP contribution in [0.25, 0.3) is 10.8 Å². The lowest BCUT2D eigenvalue weighted by molar-refractivity contribution is -0.128. The Labute approximate surface area is 159 Å². The van der Waals surface area contributed by atoms with Crippen molar-refractivity contribution in [1.29, 1.82) is 0 Å². The van der Waals surface area contributed by atoms with Gasteiger partial charge in [0.05, 0.1) is 0 Å². The van der Waals surface area contributed by atoms with Crippen molar-refractivity contribution in [3.05, 3.63) is 76.8 Å². The molecule has 3 rings (SSSR count). The third-order valence-corrected chi connectivity index (χ3v) is 4.41. The minimum Gasteiger partial charge on any atom is -0.484 e.